The summed E-state index contributed by atoms with van der Waals surface area (Å²) in [5, 5.41) is 0.642. The lowest BCUT2D eigenvalue weighted by molar-refractivity contribution is 0.241. The molecule has 4 rings (SSSR count). The summed E-state index contributed by atoms with van der Waals surface area (Å²) in [5.74, 6) is 1.28. The fourth-order valence-corrected chi connectivity index (χ4v) is 4.25. The van der Waals surface area contributed by atoms with Gasteiger partial charge in [0.25, 0.3) is 5.56 Å². The fraction of sp³-hybridized carbons (Fsp3) is 0.273. The summed E-state index contributed by atoms with van der Waals surface area (Å²) in [7, 11) is 1.65. The van der Waals surface area contributed by atoms with Crippen LogP contribution >= 0.6 is 11.8 Å². The van der Waals surface area contributed by atoms with Crippen molar-refractivity contribution < 1.29 is 9.13 Å². The van der Waals surface area contributed by atoms with Gasteiger partial charge < -0.3 is 9.72 Å². The molecule has 1 aromatic heterocycles. The summed E-state index contributed by atoms with van der Waals surface area (Å²) in [6.45, 7) is 2.06. The number of thioether (sulfide) groups is 1. The lowest BCUT2D eigenvalue weighted by atomic mass is 10.1. The van der Waals surface area contributed by atoms with Crippen molar-refractivity contribution in [1.29, 1.82) is 0 Å². The van der Waals surface area contributed by atoms with Gasteiger partial charge in [-0.15, -0.1) is 0 Å². The molecule has 29 heavy (non-hydrogen) atoms. The topological polar surface area (TPSA) is 58.2 Å². The summed E-state index contributed by atoms with van der Waals surface area (Å²) >= 11 is 1.51. The van der Waals surface area contributed by atoms with Crippen LogP contribution in [-0.4, -0.2) is 28.5 Å². The van der Waals surface area contributed by atoms with E-state index in [0.717, 1.165) is 41.1 Å². The quantitative estimate of drug-likeness (QED) is 0.494. The van der Waals surface area contributed by atoms with Crippen molar-refractivity contribution in [3.63, 3.8) is 0 Å². The van der Waals surface area contributed by atoms with Crippen LogP contribution in [-0.2, 0) is 25.3 Å². The average molecular weight is 412 g/mol. The number of hydrogen-bond donors (Lipinski definition) is 1. The summed E-state index contributed by atoms with van der Waals surface area (Å²) in [6.07, 6.45) is 0.729. The predicted molar refractivity (Wildman–Crippen MR) is 112 cm³/mol. The smallest absolute Gasteiger partial charge is 0.256 e. The number of aromatic nitrogens is 2. The van der Waals surface area contributed by atoms with Crippen molar-refractivity contribution in [3.05, 3.63) is 87.1 Å². The molecular formula is C22H22FN3O2S. The monoisotopic (exact) mass is 411 g/mol. The number of fused-ring (bicyclic) bond motifs is 1. The van der Waals surface area contributed by atoms with Crippen LogP contribution in [0.5, 0.6) is 5.75 Å². The van der Waals surface area contributed by atoms with Crippen LogP contribution in [0.3, 0.4) is 0 Å². The molecule has 0 aliphatic carbocycles. The third kappa shape index (κ3) is 4.86. The highest BCUT2D eigenvalue weighted by atomic mass is 32.2. The molecule has 3 aromatic rings. The second kappa shape index (κ2) is 8.80. The predicted octanol–water partition coefficient (Wildman–Crippen LogP) is 3.77. The maximum absolute atomic E-state index is 13.1. The fourth-order valence-electron chi connectivity index (χ4n) is 3.42. The molecule has 150 valence electrons. The minimum absolute atomic E-state index is 0.0769. The van der Waals surface area contributed by atoms with Crippen LogP contribution in [0.1, 0.15) is 22.4 Å². The first kappa shape index (κ1) is 19.7. The molecule has 0 amide bonds. The van der Waals surface area contributed by atoms with Gasteiger partial charge in [-0.25, -0.2) is 9.37 Å². The number of rotatable bonds is 6. The van der Waals surface area contributed by atoms with E-state index < -0.39 is 0 Å². The van der Waals surface area contributed by atoms with Gasteiger partial charge in [-0.2, -0.15) is 0 Å². The largest absolute Gasteiger partial charge is 0.497 e. The highest BCUT2D eigenvalue weighted by Crippen LogP contribution is 2.23. The average Bonchev–Trinajstić information content (AvgIpc) is 2.74. The Bertz CT molecular complexity index is 1050. The maximum Gasteiger partial charge on any atom is 0.256 e. The Morgan fingerprint density at radius 1 is 1.21 bits per heavy atom. The second-order valence-electron chi connectivity index (χ2n) is 7.02. The number of methoxy groups -OCH3 is 1. The summed E-state index contributed by atoms with van der Waals surface area (Å²) in [6, 6.07) is 14.4. The van der Waals surface area contributed by atoms with Crippen molar-refractivity contribution >= 4 is 11.8 Å². The van der Waals surface area contributed by atoms with Gasteiger partial charge in [0.2, 0.25) is 0 Å². The van der Waals surface area contributed by atoms with E-state index in [1.807, 2.05) is 24.3 Å². The van der Waals surface area contributed by atoms with E-state index >= 15 is 0 Å². The number of aromatic amines is 1. The van der Waals surface area contributed by atoms with Gasteiger partial charge in [-0.05, 0) is 35.4 Å². The van der Waals surface area contributed by atoms with Crippen molar-refractivity contribution in [1.82, 2.24) is 14.9 Å². The Labute approximate surface area is 172 Å². The van der Waals surface area contributed by atoms with Gasteiger partial charge in [0.1, 0.15) is 11.6 Å². The molecule has 5 nitrogen and oxygen atoms in total. The van der Waals surface area contributed by atoms with Crippen LogP contribution in [0.2, 0.25) is 0 Å². The van der Waals surface area contributed by atoms with Gasteiger partial charge in [-0.1, -0.05) is 36.0 Å². The number of nitrogens with one attached hydrogen (secondary N) is 1. The number of H-pyrrole nitrogens is 1. The molecule has 0 fully saturated rings. The third-order valence-electron chi connectivity index (χ3n) is 4.96. The van der Waals surface area contributed by atoms with Crippen molar-refractivity contribution in [2.24, 2.45) is 0 Å². The highest BCUT2D eigenvalue weighted by molar-refractivity contribution is 7.98. The molecule has 0 atom stereocenters. The molecule has 0 saturated heterocycles. The highest BCUT2D eigenvalue weighted by Gasteiger charge is 2.21. The minimum atomic E-state index is -0.239. The molecule has 1 N–H and O–H groups in total. The van der Waals surface area contributed by atoms with Gasteiger partial charge in [-0.3, -0.25) is 9.69 Å². The second-order valence-corrected chi connectivity index (χ2v) is 7.99. The van der Waals surface area contributed by atoms with Gasteiger partial charge in [0.05, 0.1) is 18.4 Å². The normalized spacial score (nSPS) is 13.9. The zero-order valence-electron chi connectivity index (χ0n) is 16.2. The van der Waals surface area contributed by atoms with Crippen LogP contribution < -0.4 is 10.3 Å². The lowest BCUT2D eigenvalue weighted by Crippen LogP contribution is -2.35. The van der Waals surface area contributed by atoms with E-state index in [2.05, 4.69) is 14.9 Å². The van der Waals surface area contributed by atoms with E-state index in [4.69, 9.17) is 4.74 Å². The molecule has 2 aromatic carbocycles. The Morgan fingerprint density at radius 3 is 2.83 bits per heavy atom. The molecule has 0 bridgehead atoms. The van der Waals surface area contributed by atoms with E-state index in [1.165, 1.54) is 23.9 Å². The molecule has 0 spiro atoms. The number of ether oxygens (including phenoxy) is 1. The Morgan fingerprint density at radius 2 is 2.03 bits per heavy atom. The molecule has 7 heteroatoms. The van der Waals surface area contributed by atoms with Crippen LogP contribution in [0, 0.1) is 5.82 Å². The number of hydrogen-bond acceptors (Lipinski definition) is 5. The SMILES string of the molecule is COc1cccc(CSc2nc3c(c(=O)[nH]2)CN(Cc2ccc(F)cc2)CC3)c1. The van der Waals surface area contributed by atoms with Crippen molar-refractivity contribution in [3.8, 4) is 5.75 Å². The molecule has 1 aliphatic heterocycles. The zero-order valence-corrected chi connectivity index (χ0v) is 17.0. The molecule has 2 heterocycles. The van der Waals surface area contributed by atoms with E-state index in [0.29, 0.717) is 24.0 Å². The Kier molecular flexibility index (Phi) is 5.97. The molecule has 0 saturated carbocycles. The van der Waals surface area contributed by atoms with Crippen LogP contribution in [0.25, 0.3) is 0 Å². The number of nitrogens with zero attached hydrogens (tertiary/aromatic N) is 2. The molecule has 0 unspecified atom stereocenters. The van der Waals surface area contributed by atoms with Crippen LogP contribution in [0.4, 0.5) is 4.39 Å². The Balaban J connectivity index is 1.43. The minimum Gasteiger partial charge on any atom is -0.497 e. The first-order valence-electron chi connectivity index (χ1n) is 9.45. The van der Waals surface area contributed by atoms with Gasteiger partial charge >= 0.3 is 0 Å². The van der Waals surface area contributed by atoms with E-state index in [-0.39, 0.29) is 11.4 Å². The molecule has 1 aliphatic rings. The number of halogens is 1. The summed E-state index contributed by atoms with van der Waals surface area (Å²) in [4.78, 5) is 22.4. The van der Waals surface area contributed by atoms with E-state index in [9.17, 15) is 9.18 Å². The maximum atomic E-state index is 13.1. The summed E-state index contributed by atoms with van der Waals surface area (Å²) < 4.78 is 18.3. The number of benzene rings is 2. The van der Waals surface area contributed by atoms with Crippen LogP contribution in [0.15, 0.2) is 58.5 Å². The van der Waals surface area contributed by atoms with Crippen molar-refractivity contribution in [2.45, 2.75) is 30.4 Å². The van der Waals surface area contributed by atoms with Gasteiger partial charge in [0, 0.05) is 31.8 Å². The zero-order chi connectivity index (χ0) is 20.2. The van der Waals surface area contributed by atoms with Crippen molar-refractivity contribution in [2.75, 3.05) is 13.7 Å². The lowest BCUT2D eigenvalue weighted by Gasteiger charge is -2.27. The Hall–Kier alpha value is -2.64. The molecule has 0 radical (unpaired) electrons. The summed E-state index contributed by atoms with van der Waals surface area (Å²) in [5.41, 5.74) is 3.66. The first-order valence-corrected chi connectivity index (χ1v) is 10.4. The van der Waals surface area contributed by atoms with E-state index in [1.54, 1.807) is 19.2 Å². The first-order chi connectivity index (χ1) is 14.1. The third-order valence-corrected chi connectivity index (χ3v) is 5.90. The standard InChI is InChI=1S/C22H22FN3O2S/c1-28-18-4-2-3-16(11-18)14-29-22-24-20-9-10-26(13-19(20)21(27)25-22)12-15-5-7-17(23)8-6-15/h2-8,11H,9-10,12-14H2,1H3,(H,24,25,27). The van der Waals surface area contributed by atoms with Gasteiger partial charge in [0.15, 0.2) is 5.16 Å². The molecular weight excluding hydrogens is 389 g/mol.